The molecular weight excluding hydrogens is 462 g/mol. The van der Waals surface area contributed by atoms with E-state index in [-0.39, 0.29) is 16.8 Å². The fraction of sp³-hybridized carbons (Fsp3) is 0.296. The van der Waals surface area contributed by atoms with E-state index in [0.717, 1.165) is 31.6 Å². The van der Waals surface area contributed by atoms with Crippen molar-refractivity contribution in [2.45, 2.75) is 30.8 Å². The first-order valence-electron chi connectivity index (χ1n) is 11.6. The molecule has 1 aliphatic heterocycles. The standard InChI is InChI=1S/C27H31N3O4S/c1-20-13-14-23(35(32,33)29(2)25-11-7-8-12-26(25)34-3)17-24(20)27(31)28-22-15-16-30(19-22)18-21-9-5-4-6-10-21/h4-14,17,22H,15-16,18-19H2,1-3H3,(H,28,31)/t22-/m0/s1. The molecule has 3 aromatic rings. The number of benzene rings is 3. The van der Waals surface area contributed by atoms with Crippen molar-refractivity contribution >= 4 is 21.6 Å². The Balaban J connectivity index is 1.48. The number of para-hydroxylation sites is 2. The van der Waals surface area contributed by atoms with Gasteiger partial charge in [0.25, 0.3) is 15.9 Å². The molecule has 1 aliphatic rings. The molecule has 1 amide bonds. The zero-order chi connectivity index (χ0) is 25.0. The summed E-state index contributed by atoms with van der Waals surface area (Å²) in [6.07, 6.45) is 0.853. The van der Waals surface area contributed by atoms with Crippen LogP contribution in [0.5, 0.6) is 5.75 Å². The van der Waals surface area contributed by atoms with Gasteiger partial charge in [-0.2, -0.15) is 0 Å². The summed E-state index contributed by atoms with van der Waals surface area (Å²) in [5.41, 5.74) is 2.75. The number of amides is 1. The van der Waals surface area contributed by atoms with E-state index in [1.165, 1.54) is 36.2 Å². The molecule has 0 radical (unpaired) electrons. The Morgan fingerprint density at radius 1 is 1.09 bits per heavy atom. The quantitative estimate of drug-likeness (QED) is 0.516. The van der Waals surface area contributed by atoms with E-state index in [1.807, 2.05) is 25.1 Å². The summed E-state index contributed by atoms with van der Waals surface area (Å²) in [5.74, 6) is 0.191. The number of methoxy groups -OCH3 is 1. The lowest BCUT2D eigenvalue weighted by molar-refractivity contribution is 0.0937. The molecule has 0 saturated carbocycles. The van der Waals surface area contributed by atoms with Crippen LogP contribution in [0.4, 0.5) is 5.69 Å². The van der Waals surface area contributed by atoms with Gasteiger partial charge in [-0.15, -0.1) is 0 Å². The first-order valence-corrected chi connectivity index (χ1v) is 13.0. The molecule has 0 bridgehead atoms. The predicted octanol–water partition coefficient (Wildman–Crippen LogP) is 3.83. The van der Waals surface area contributed by atoms with Gasteiger partial charge in [0.15, 0.2) is 0 Å². The monoisotopic (exact) mass is 493 g/mol. The number of carbonyl (C=O) groups is 1. The highest BCUT2D eigenvalue weighted by atomic mass is 32.2. The van der Waals surface area contributed by atoms with Crippen LogP contribution < -0.4 is 14.4 Å². The number of hydrogen-bond acceptors (Lipinski definition) is 5. The number of nitrogens with one attached hydrogen (secondary N) is 1. The van der Waals surface area contributed by atoms with Gasteiger partial charge in [0.05, 0.1) is 17.7 Å². The third-order valence-electron chi connectivity index (χ3n) is 6.39. The molecule has 0 aliphatic carbocycles. The third kappa shape index (κ3) is 5.49. The Morgan fingerprint density at radius 2 is 1.80 bits per heavy atom. The molecule has 0 unspecified atom stereocenters. The zero-order valence-corrected chi connectivity index (χ0v) is 21.1. The summed E-state index contributed by atoms with van der Waals surface area (Å²) < 4.78 is 33.3. The maximum absolute atomic E-state index is 13.4. The maximum Gasteiger partial charge on any atom is 0.264 e. The molecule has 1 N–H and O–H groups in total. The minimum atomic E-state index is -3.90. The number of nitrogens with zero attached hydrogens (tertiary/aromatic N) is 2. The van der Waals surface area contributed by atoms with Crippen molar-refractivity contribution < 1.29 is 17.9 Å². The SMILES string of the molecule is COc1ccccc1N(C)S(=O)(=O)c1ccc(C)c(C(=O)N[C@H]2CCN(Cc3ccccc3)C2)c1. The molecule has 3 aromatic carbocycles. The second-order valence-electron chi connectivity index (χ2n) is 8.80. The van der Waals surface area contributed by atoms with Gasteiger partial charge in [0, 0.05) is 38.3 Å². The Kier molecular flexibility index (Phi) is 7.42. The van der Waals surface area contributed by atoms with Gasteiger partial charge in [-0.05, 0) is 48.7 Å². The maximum atomic E-state index is 13.4. The molecule has 7 nitrogen and oxygen atoms in total. The molecule has 8 heteroatoms. The smallest absolute Gasteiger partial charge is 0.264 e. The van der Waals surface area contributed by atoms with Gasteiger partial charge in [0.2, 0.25) is 0 Å². The number of anilines is 1. The summed E-state index contributed by atoms with van der Waals surface area (Å²) in [5, 5.41) is 3.10. The van der Waals surface area contributed by atoms with Crippen LogP contribution in [0.25, 0.3) is 0 Å². The number of aryl methyl sites for hydroxylation is 1. The largest absolute Gasteiger partial charge is 0.495 e. The summed E-state index contributed by atoms with van der Waals surface area (Å²) in [7, 11) is -0.926. The first kappa shape index (κ1) is 24.8. The number of carbonyl (C=O) groups excluding carboxylic acids is 1. The molecular formula is C27H31N3O4S. The second kappa shape index (κ2) is 10.5. The summed E-state index contributed by atoms with van der Waals surface area (Å²) in [4.78, 5) is 15.5. The van der Waals surface area contributed by atoms with Crippen LogP contribution in [0.3, 0.4) is 0 Å². The van der Waals surface area contributed by atoms with Crippen molar-refractivity contribution in [3.63, 3.8) is 0 Å². The topological polar surface area (TPSA) is 78.9 Å². The lowest BCUT2D eigenvalue weighted by Gasteiger charge is -2.22. The average Bonchev–Trinajstić information content (AvgIpc) is 3.30. The molecule has 4 rings (SSSR count). The van der Waals surface area contributed by atoms with Gasteiger partial charge < -0.3 is 10.1 Å². The minimum absolute atomic E-state index is 0.0159. The highest BCUT2D eigenvalue weighted by molar-refractivity contribution is 7.92. The van der Waals surface area contributed by atoms with Gasteiger partial charge in [-0.25, -0.2) is 8.42 Å². The Morgan fingerprint density at radius 3 is 2.54 bits per heavy atom. The molecule has 0 spiro atoms. The van der Waals surface area contributed by atoms with Crippen molar-refractivity contribution in [3.05, 3.63) is 89.5 Å². The Bertz CT molecular complexity index is 1290. The average molecular weight is 494 g/mol. The normalized spacial score (nSPS) is 16.1. The van der Waals surface area contributed by atoms with Crippen molar-refractivity contribution in [1.82, 2.24) is 10.2 Å². The lowest BCUT2D eigenvalue weighted by atomic mass is 10.1. The third-order valence-corrected chi connectivity index (χ3v) is 8.16. The fourth-order valence-electron chi connectivity index (χ4n) is 4.38. The number of ether oxygens (including phenoxy) is 1. The van der Waals surface area contributed by atoms with Gasteiger partial charge in [0.1, 0.15) is 5.75 Å². The van der Waals surface area contributed by atoms with E-state index in [1.54, 1.807) is 30.3 Å². The van der Waals surface area contributed by atoms with E-state index < -0.39 is 10.0 Å². The first-order chi connectivity index (χ1) is 16.8. The summed E-state index contributed by atoms with van der Waals surface area (Å²) in [6, 6.07) is 21.9. The zero-order valence-electron chi connectivity index (χ0n) is 20.3. The van der Waals surface area contributed by atoms with E-state index >= 15 is 0 Å². The van der Waals surface area contributed by atoms with Crippen LogP contribution in [0.2, 0.25) is 0 Å². The molecule has 1 heterocycles. The van der Waals surface area contributed by atoms with E-state index in [0.29, 0.717) is 17.0 Å². The number of likely N-dealkylation sites (tertiary alicyclic amines) is 1. The van der Waals surface area contributed by atoms with Gasteiger partial charge in [-0.1, -0.05) is 48.5 Å². The number of sulfonamides is 1. The van der Waals surface area contributed by atoms with Crippen molar-refractivity contribution in [3.8, 4) is 5.75 Å². The van der Waals surface area contributed by atoms with Crippen LogP contribution in [-0.4, -0.2) is 52.5 Å². The van der Waals surface area contributed by atoms with Gasteiger partial charge in [-0.3, -0.25) is 14.0 Å². The van der Waals surface area contributed by atoms with Crippen molar-refractivity contribution in [1.29, 1.82) is 0 Å². The number of hydrogen-bond donors (Lipinski definition) is 1. The Labute approximate surface area is 207 Å². The predicted molar refractivity (Wildman–Crippen MR) is 137 cm³/mol. The summed E-state index contributed by atoms with van der Waals surface area (Å²) in [6.45, 7) is 4.31. The molecule has 1 fully saturated rings. The van der Waals surface area contributed by atoms with Gasteiger partial charge >= 0.3 is 0 Å². The van der Waals surface area contributed by atoms with E-state index in [9.17, 15) is 13.2 Å². The Hall–Kier alpha value is -3.36. The van der Waals surface area contributed by atoms with Crippen molar-refractivity contribution in [2.24, 2.45) is 0 Å². The van der Waals surface area contributed by atoms with E-state index in [4.69, 9.17) is 4.74 Å². The van der Waals surface area contributed by atoms with Crippen LogP contribution in [0, 0.1) is 6.92 Å². The minimum Gasteiger partial charge on any atom is -0.495 e. The summed E-state index contributed by atoms with van der Waals surface area (Å²) >= 11 is 0. The van der Waals surface area contributed by atoms with Crippen LogP contribution in [0.1, 0.15) is 27.9 Å². The molecule has 1 saturated heterocycles. The second-order valence-corrected chi connectivity index (χ2v) is 10.8. The van der Waals surface area contributed by atoms with Crippen molar-refractivity contribution in [2.75, 3.05) is 31.6 Å². The van der Waals surface area contributed by atoms with Crippen LogP contribution in [-0.2, 0) is 16.6 Å². The van der Waals surface area contributed by atoms with E-state index in [2.05, 4.69) is 22.3 Å². The number of rotatable bonds is 8. The highest BCUT2D eigenvalue weighted by Gasteiger charge is 2.27. The molecule has 0 aromatic heterocycles. The highest BCUT2D eigenvalue weighted by Crippen LogP contribution is 2.31. The van der Waals surface area contributed by atoms with Crippen LogP contribution in [0.15, 0.2) is 77.7 Å². The lowest BCUT2D eigenvalue weighted by Crippen LogP contribution is -2.37. The molecule has 184 valence electrons. The fourth-order valence-corrected chi connectivity index (χ4v) is 5.62. The molecule has 35 heavy (non-hydrogen) atoms. The molecule has 1 atom stereocenters. The van der Waals surface area contributed by atoms with Crippen LogP contribution >= 0.6 is 0 Å².